The summed E-state index contributed by atoms with van der Waals surface area (Å²) < 4.78 is 6.89. The summed E-state index contributed by atoms with van der Waals surface area (Å²) in [4.78, 5) is 13.7. The van der Waals surface area contributed by atoms with Gasteiger partial charge in [-0.25, -0.2) is 0 Å². The van der Waals surface area contributed by atoms with Crippen molar-refractivity contribution in [2.45, 2.75) is 38.0 Å². The lowest BCUT2D eigenvalue weighted by molar-refractivity contribution is -0.0928. The molecule has 0 bridgehead atoms. The lowest BCUT2D eigenvalue weighted by atomic mass is 9.68. The van der Waals surface area contributed by atoms with E-state index < -0.39 is 38.3 Å². The number of hydrogen-bond donors (Lipinski definition) is 3. The second-order valence-electron chi connectivity index (χ2n) is 10.1. The van der Waals surface area contributed by atoms with E-state index in [-0.39, 0.29) is 11.6 Å². The molecule has 6 heteroatoms. The molecule has 0 radical (unpaired) electrons. The number of carbonyl (C=O) groups excluding carboxylic acids is 1. The zero-order chi connectivity index (χ0) is 24.6. The predicted molar refractivity (Wildman–Crippen MR) is 135 cm³/mol. The van der Waals surface area contributed by atoms with E-state index in [2.05, 4.69) is 20.8 Å². The van der Waals surface area contributed by atoms with Gasteiger partial charge in [0.1, 0.15) is 17.6 Å². The first-order valence-corrected chi connectivity index (χ1v) is 13.5. The normalized spacial score (nSPS) is 22.9. The van der Waals surface area contributed by atoms with Crippen LogP contribution >= 0.6 is 0 Å². The number of rotatable bonds is 6. The molecule has 0 aromatic heterocycles. The Bertz CT molecular complexity index is 1100. The second-order valence-corrected chi connectivity index (χ2v) is 14.4. The third-order valence-corrected chi connectivity index (χ3v) is 12.1. The molecule has 5 nitrogen and oxygen atoms in total. The molecule has 0 saturated carbocycles. The summed E-state index contributed by atoms with van der Waals surface area (Å²) in [7, 11) is -3.03. The fourth-order valence-corrected chi connectivity index (χ4v) is 9.83. The Balaban J connectivity index is 1.85. The first kappa shape index (κ1) is 24.5. The SMILES string of the molecule is CC(C)(C)[Si](OC[C@@]1(CO)C(=O)c2ccccc2[C@H](O)[C@@H]1O)(c1ccccc1)c1ccccc1. The van der Waals surface area contributed by atoms with Crippen LogP contribution < -0.4 is 10.4 Å². The molecule has 3 atom stereocenters. The van der Waals surface area contributed by atoms with Crippen molar-refractivity contribution in [2.75, 3.05) is 13.2 Å². The molecule has 0 heterocycles. The van der Waals surface area contributed by atoms with Crippen molar-refractivity contribution in [2.24, 2.45) is 5.41 Å². The van der Waals surface area contributed by atoms with E-state index in [1.165, 1.54) is 0 Å². The van der Waals surface area contributed by atoms with Gasteiger partial charge in [-0.05, 0) is 21.0 Å². The van der Waals surface area contributed by atoms with Gasteiger partial charge in [0.2, 0.25) is 0 Å². The number of carbonyl (C=O) groups is 1. The van der Waals surface area contributed by atoms with Crippen LogP contribution in [0.25, 0.3) is 0 Å². The summed E-state index contributed by atoms with van der Waals surface area (Å²) in [6.45, 7) is 5.50. The molecule has 3 aromatic carbocycles. The Morgan fingerprint density at radius 2 is 1.35 bits per heavy atom. The molecule has 3 aromatic rings. The highest BCUT2D eigenvalue weighted by molar-refractivity contribution is 6.99. The lowest BCUT2D eigenvalue weighted by Gasteiger charge is -2.47. The van der Waals surface area contributed by atoms with Crippen molar-refractivity contribution in [3.8, 4) is 0 Å². The number of benzene rings is 3. The van der Waals surface area contributed by atoms with Gasteiger partial charge in [-0.15, -0.1) is 0 Å². The summed E-state index contributed by atoms with van der Waals surface area (Å²) in [6.07, 6.45) is -2.80. The Morgan fingerprint density at radius 3 is 1.85 bits per heavy atom. The van der Waals surface area contributed by atoms with E-state index in [1.54, 1.807) is 24.3 Å². The largest absolute Gasteiger partial charge is 0.406 e. The van der Waals surface area contributed by atoms with E-state index >= 15 is 0 Å². The predicted octanol–water partition coefficient (Wildman–Crippen LogP) is 2.83. The second kappa shape index (κ2) is 9.21. The average molecular weight is 477 g/mol. The van der Waals surface area contributed by atoms with Crippen molar-refractivity contribution in [1.82, 2.24) is 0 Å². The van der Waals surface area contributed by atoms with Crippen LogP contribution in [0.1, 0.15) is 42.8 Å². The van der Waals surface area contributed by atoms with Crippen LogP contribution in [0.2, 0.25) is 5.04 Å². The maximum atomic E-state index is 13.7. The summed E-state index contributed by atoms with van der Waals surface area (Å²) in [5.41, 5.74) is -1.00. The number of hydrogen-bond acceptors (Lipinski definition) is 5. The molecule has 0 fully saturated rings. The highest BCUT2D eigenvalue weighted by Gasteiger charge is 2.57. The summed E-state index contributed by atoms with van der Waals surface area (Å²) in [6, 6.07) is 26.6. The Kier molecular flexibility index (Phi) is 6.64. The van der Waals surface area contributed by atoms with Crippen LogP contribution in [0.5, 0.6) is 0 Å². The third kappa shape index (κ3) is 3.76. The monoisotopic (exact) mass is 476 g/mol. The molecule has 1 aliphatic carbocycles. The van der Waals surface area contributed by atoms with Gasteiger partial charge in [0.15, 0.2) is 5.78 Å². The number of aliphatic hydroxyl groups is 3. The smallest absolute Gasteiger partial charge is 0.261 e. The molecule has 178 valence electrons. The van der Waals surface area contributed by atoms with Gasteiger partial charge in [-0.2, -0.15) is 0 Å². The van der Waals surface area contributed by atoms with Crippen molar-refractivity contribution in [3.63, 3.8) is 0 Å². The van der Waals surface area contributed by atoms with Gasteiger partial charge in [-0.3, -0.25) is 4.79 Å². The van der Waals surface area contributed by atoms with Crippen LogP contribution in [0, 0.1) is 5.41 Å². The molecule has 0 amide bonds. The molecule has 34 heavy (non-hydrogen) atoms. The fraction of sp³-hybridized carbons (Fsp3) is 0.321. The van der Waals surface area contributed by atoms with Crippen LogP contribution in [0.4, 0.5) is 0 Å². The molecule has 0 aliphatic heterocycles. The summed E-state index contributed by atoms with van der Waals surface area (Å²) in [5.74, 6) is -0.415. The zero-order valence-electron chi connectivity index (χ0n) is 19.8. The Labute approximate surface area is 201 Å². The van der Waals surface area contributed by atoms with Gasteiger partial charge in [0, 0.05) is 5.56 Å². The minimum absolute atomic E-state index is 0.220. The van der Waals surface area contributed by atoms with Gasteiger partial charge in [0.25, 0.3) is 8.32 Å². The number of Topliss-reactive ketones (excluding diaryl/α,β-unsaturated/α-hetero) is 1. The van der Waals surface area contributed by atoms with Crippen molar-refractivity contribution >= 4 is 24.5 Å². The first-order valence-electron chi connectivity index (χ1n) is 11.5. The molecule has 3 N–H and O–H groups in total. The van der Waals surface area contributed by atoms with Crippen LogP contribution in [0.3, 0.4) is 0 Å². The quantitative estimate of drug-likeness (QED) is 0.477. The van der Waals surface area contributed by atoms with E-state index in [0.717, 1.165) is 10.4 Å². The van der Waals surface area contributed by atoms with Crippen LogP contribution in [0.15, 0.2) is 84.9 Å². The molecule has 4 rings (SSSR count). The molecular weight excluding hydrogens is 444 g/mol. The van der Waals surface area contributed by atoms with E-state index in [1.807, 2.05) is 60.7 Å². The first-order chi connectivity index (χ1) is 16.2. The lowest BCUT2D eigenvalue weighted by Crippen LogP contribution is -2.68. The van der Waals surface area contributed by atoms with Crippen molar-refractivity contribution in [3.05, 3.63) is 96.1 Å². The molecular formula is C28H32O5Si. The Morgan fingerprint density at radius 1 is 0.853 bits per heavy atom. The standard InChI is InChI=1S/C28H32O5Si/c1-27(2,3)34(20-12-6-4-7-13-20,21-14-8-5-9-15-21)33-19-28(18-29)25(31)23-17-11-10-16-22(23)24(30)26(28)32/h4-17,24,26,29-30,32H,18-19H2,1-3H3/t24-,26-,28-/m0/s1. The topological polar surface area (TPSA) is 87.0 Å². The minimum Gasteiger partial charge on any atom is -0.406 e. The van der Waals surface area contributed by atoms with Crippen LogP contribution in [-0.2, 0) is 4.43 Å². The van der Waals surface area contributed by atoms with Gasteiger partial charge >= 0.3 is 0 Å². The number of ketones is 1. The van der Waals surface area contributed by atoms with E-state index in [4.69, 9.17) is 4.43 Å². The van der Waals surface area contributed by atoms with Gasteiger partial charge < -0.3 is 19.7 Å². The zero-order valence-corrected chi connectivity index (χ0v) is 20.8. The third-order valence-electron chi connectivity index (χ3n) is 7.09. The van der Waals surface area contributed by atoms with Gasteiger partial charge in [0.05, 0.1) is 13.2 Å². The highest BCUT2D eigenvalue weighted by atomic mass is 28.4. The van der Waals surface area contributed by atoms with E-state index in [0.29, 0.717) is 11.1 Å². The average Bonchev–Trinajstić information content (AvgIpc) is 2.85. The minimum atomic E-state index is -3.03. The number of fused-ring (bicyclic) bond motifs is 1. The molecule has 0 unspecified atom stereocenters. The molecule has 0 spiro atoms. The number of aliphatic hydroxyl groups excluding tert-OH is 3. The maximum absolute atomic E-state index is 13.7. The molecule has 0 saturated heterocycles. The van der Waals surface area contributed by atoms with Gasteiger partial charge in [-0.1, -0.05) is 106 Å². The van der Waals surface area contributed by atoms with E-state index in [9.17, 15) is 20.1 Å². The molecule has 1 aliphatic rings. The summed E-state index contributed by atoms with van der Waals surface area (Å²) >= 11 is 0. The fourth-order valence-electron chi connectivity index (χ4n) is 5.20. The highest BCUT2D eigenvalue weighted by Crippen LogP contribution is 2.44. The summed E-state index contributed by atoms with van der Waals surface area (Å²) in [5, 5.41) is 34.3. The van der Waals surface area contributed by atoms with Crippen LogP contribution in [-0.4, -0.2) is 48.7 Å². The van der Waals surface area contributed by atoms with Crippen molar-refractivity contribution in [1.29, 1.82) is 0 Å². The Hall–Kier alpha value is -2.61. The van der Waals surface area contributed by atoms with Crippen molar-refractivity contribution < 1.29 is 24.5 Å². The maximum Gasteiger partial charge on any atom is 0.261 e.